The van der Waals surface area contributed by atoms with Gasteiger partial charge in [0.1, 0.15) is 5.82 Å². The number of halogens is 1. The number of unbranched alkanes of at least 4 members (excludes halogenated alkanes) is 2. The third kappa shape index (κ3) is 6.05. The van der Waals surface area contributed by atoms with Crippen molar-refractivity contribution in [2.45, 2.75) is 103 Å². The molecule has 1 aromatic rings. The van der Waals surface area contributed by atoms with Gasteiger partial charge in [0.2, 0.25) is 0 Å². The van der Waals surface area contributed by atoms with Crippen molar-refractivity contribution < 1.29 is 9.13 Å². The van der Waals surface area contributed by atoms with E-state index in [0.717, 1.165) is 17.8 Å². The van der Waals surface area contributed by atoms with Gasteiger partial charge in [-0.05, 0) is 80.8 Å². The van der Waals surface area contributed by atoms with Crippen LogP contribution >= 0.6 is 0 Å². The van der Waals surface area contributed by atoms with Crippen LogP contribution in [0.2, 0.25) is 0 Å². The Morgan fingerprint density at radius 1 is 0.893 bits per heavy atom. The Morgan fingerprint density at radius 2 is 1.57 bits per heavy atom. The topological polar surface area (TPSA) is 9.23 Å². The molecular formula is C26H41FO. The Kier molecular flexibility index (Phi) is 8.83. The Morgan fingerprint density at radius 3 is 2.18 bits per heavy atom. The van der Waals surface area contributed by atoms with Crippen molar-refractivity contribution in [1.82, 2.24) is 0 Å². The van der Waals surface area contributed by atoms with Crippen LogP contribution in [0.5, 0.6) is 0 Å². The molecule has 2 fully saturated rings. The van der Waals surface area contributed by atoms with Crippen LogP contribution in [0.25, 0.3) is 0 Å². The van der Waals surface area contributed by atoms with Gasteiger partial charge in [-0.25, -0.2) is 4.39 Å². The van der Waals surface area contributed by atoms with Gasteiger partial charge in [0.15, 0.2) is 0 Å². The summed E-state index contributed by atoms with van der Waals surface area (Å²) in [6.45, 7) is 5.27. The minimum atomic E-state index is -0.0885. The van der Waals surface area contributed by atoms with E-state index in [0.29, 0.717) is 24.7 Å². The fraction of sp³-hybridized carbons (Fsp3) is 0.769. The average molecular weight is 389 g/mol. The summed E-state index contributed by atoms with van der Waals surface area (Å²) in [6, 6.07) is 5.86. The molecule has 0 aromatic heterocycles. The molecule has 2 heteroatoms. The smallest absolute Gasteiger partial charge is 0.129 e. The van der Waals surface area contributed by atoms with Gasteiger partial charge in [0.25, 0.3) is 0 Å². The maximum Gasteiger partial charge on any atom is 0.129 e. The summed E-state index contributed by atoms with van der Waals surface area (Å²) in [5.74, 6) is 3.37. The molecule has 158 valence electrons. The maximum atomic E-state index is 14.4. The molecule has 0 radical (unpaired) electrons. The Bertz CT molecular complexity index is 568. The van der Waals surface area contributed by atoms with Crippen LogP contribution in [0.3, 0.4) is 0 Å². The van der Waals surface area contributed by atoms with Crippen LogP contribution in [-0.4, -0.2) is 6.61 Å². The SMILES string of the molecule is CCCCC[C@H]1CC[C@H](C2CCC(c3ccc(COCC)c(F)c3)CC2)CC1. The summed E-state index contributed by atoms with van der Waals surface area (Å²) in [6.07, 6.45) is 16.7. The summed E-state index contributed by atoms with van der Waals surface area (Å²) < 4.78 is 19.7. The van der Waals surface area contributed by atoms with Crippen molar-refractivity contribution in [2.75, 3.05) is 6.61 Å². The van der Waals surface area contributed by atoms with Gasteiger partial charge in [0.05, 0.1) is 6.61 Å². The van der Waals surface area contributed by atoms with E-state index in [1.165, 1.54) is 82.6 Å². The molecule has 0 atom stereocenters. The number of hydrogen-bond donors (Lipinski definition) is 0. The normalized spacial score (nSPS) is 28.4. The van der Waals surface area contributed by atoms with E-state index in [-0.39, 0.29) is 5.82 Å². The van der Waals surface area contributed by atoms with Gasteiger partial charge < -0.3 is 4.74 Å². The molecule has 2 saturated carbocycles. The molecule has 0 aliphatic heterocycles. The first-order valence-electron chi connectivity index (χ1n) is 12.1. The highest BCUT2D eigenvalue weighted by molar-refractivity contribution is 5.27. The van der Waals surface area contributed by atoms with E-state index in [9.17, 15) is 4.39 Å². The van der Waals surface area contributed by atoms with Gasteiger partial charge in [-0.3, -0.25) is 0 Å². The lowest BCUT2D eigenvalue weighted by atomic mass is 9.68. The van der Waals surface area contributed by atoms with Gasteiger partial charge in [-0.15, -0.1) is 0 Å². The zero-order valence-corrected chi connectivity index (χ0v) is 18.2. The Balaban J connectivity index is 1.43. The molecule has 1 aromatic carbocycles. The predicted octanol–water partition coefficient (Wildman–Crippen LogP) is 8.02. The number of hydrogen-bond acceptors (Lipinski definition) is 1. The van der Waals surface area contributed by atoms with Gasteiger partial charge in [-0.2, -0.15) is 0 Å². The molecule has 0 heterocycles. The highest BCUT2D eigenvalue weighted by Crippen LogP contribution is 2.44. The Labute approximate surface area is 172 Å². The first-order chi connectivity index (χ1) is 13.7. The van der Waals surface area contributed by atoms with Crippen LogP contribution in [0.15, 0.2) is 18.2 Å². The molecule has 0 spiro atoms. The van der Waals surface area contributed by atoms with E-state index in [2.05, 4.69) is 13.0 Å². The second-order valence-corrected chi connectivity index (χ2v) is 9.38. The van der Waals surface area contributed by atoms with Crippen molar-refractivity contribution in [1.29, 1.82) is 0 Å². The lowest BCUT2D eigenvalue weighted by molar-refractivity contribution is 0.131. The highest BCUT2D eigenvalue weighted by atomic mass is 19.1. The minimum Gasteiger partial charge on any atom is -0.377 e. The molecule has 28 heavy (non-hydrogen) atoms. The summed E-state index contributed by atoms with van der Waals surface area (Å²) in [5, 5.41) is 0. The van der Waals surface area contributed by atoms with Crippen LogP contribution in [0.1, 0.15) is 108 Å². The van der Waals surface area contributed by atoms with Crippen molar-refractivity contribution in [3.63, 3.8) is 0 Å². The minimum absolute atomic E-state index is 0.0885. The van der Waals surface area contributed by atoms with Crippen LogP contribution in [0.4, 0.5) is 4.39 Å². The molecule has 2 aliphatic carbocycles. The predicted molar refractivity (Wildman–Crippen MR) is 116 cm³/mol. The van der Waals surface area contributed by atoms with Crippen LogP contribution < -0.4 is 0 Å². The van der Waals surface area contributed by atoms with E-state index in [1.54, 1.807) is 6.07 Å². The molecule has 0 amide bonds. The molecule has 0 unspecified atom stereocenters. The summed E-state index contributed by atoms with van der Waals surface area (Å²) >= 11 is 0. The number of rotatable bonds is 9. The second kappa shape index (κ2) is 11.3. The fourth-order valence-corrected chi connectivity index (χ4v) is 5.70. The molecule has 3 rings (SSSR count). The van der Waals surface area contributed by atoms with Crippen molar-refractivity contribution >= 4 is 0 Å². The zero-order valence-electron chi connectivity index (χ0n) is 18.2. The third-order valence-electron chi connectivity index (χ3n) is 7.56. The van der Waals surface area contributed by atoms with E-state index >= 15 is 0 Å². The average Bonchev–Trinajstić information content (AvgIpc) is 2.74. The number of benzene rings is 1. The quantitative estimate of drug-likeness (QED) is 0.389. The van der Waals surface area contributed by atoms with Crippen LogP contribution in [0, 0.1) is 23.6 Å². The maximum absolute atomic E-state index is 14.4. The van der Waals surface area contributed by atoms with Gasteiger partial charge >= 0.3 is 0 Å². The van der Waals surface area contributed by atoms with Gasteiger partial charge in [-0.1, -0.05) is 57.6 Å². The lowest BCUT2D eigenvalue weighted by Crippen LogP contribution is -2.25. The standard InChI is InChI=1S/C26H41FO/c1-3-5-6-7-20-8-10-21(11-9-20)22-12-14-23(15-13-22)24-16-17-25(19-28-4-2)26(27)18-24/h16-18,20-23H,3-15,19H2,1-2H3/t20-,21-,22?,23?. The van der Waals surface area contributed by atoms with Crippen molar-refractivity contribution in [3.05, 3.63) is 35.1 Å². The summed E-state index contributed by atoms with van der Waals surface area (Å²) in [5.41, 5.74) is 1.89. The molecule has 0 bridgehead atoms. The first kappa shape index (κ1) is 21.8. The largest absolute Gasteiger partial charge is 0.377 e. The third-order valence-corrected chi connectivity index (χ3v) is 7.56. The highest BCUT2D eigenvalue weighted by Gasteiger charge is 2.31. The molecule has 1 nitrogen and oxygen atoms in total. The molecular weight excluding hydrogens is 347 g/mol. The summed E-state index contributed by atoms with van der Waals surface area (Å²) in [4.78, 5) is 0. The Hall–Kier alpha value is -0.890. The monoisotopic (exact) mass is 388 g/mol. The zero-order chi connectivity index (χ0) is 19.8. The molecule has 2 aliphatic rings. The summed E-state index contributed by atoms with van der Waals surface area (Å²) in [7, 11) is 0. The van der Waals surface area contributed by atoms with Crippen molar-refractivity contribution in [3.8, 4) is 0 Å². The lowest BCUT2D eigenvalue weighted by Gasteiger charge is -2.38. The first-order valence-corrected chi connectivity index (χ1v) is 12.1. The number of ether oxygens (including phenoxy) is 1. The van der Waals surface area contributed by atoms with Crippen molar-refractivity contribution in [2.24, 2.45) is 17.8 Å². The second-order valence-electron chi connectivity index (χ2n) is 9.38. The molecule has 0 saturated heterocycles. The molecule has 0 N–H and O–H groups in total. The van der Waals surface area contributed by atoms with Crippen LogP contribution in [-0.2, 0) is 11.3 Å². The fourth-order valence-electron chi connectivity index (χ4n) is 5.70. The van der Waals surface area contributed by atoms with E-state index in [4.69, 9.17) is 4.74 Å². The van der Waals surface area contributed by atoms with Gasteiger partial charge in [0, 0.05) is 12.2 Å². The van der Waals surface area contributed by atoms with E-state index < -0.39 is 0 Å². The van der Waals surface area contributed by atoms with E-state index in [1.807, 2.05) is 13.0 Å².